The van der Waals surface area contributed by atoms with Crippen LogP contribution in [0, 0.1) is 0 Å². The Bertz CT molecular complexity index is 1060. The number of nitrogens with zero attached hydrogens (tertiary/aromatic N) is 2. The van der Waals surface area contributed by atoms with Gasteiger partial charge in [-0.15, -0.1) is 0 Å². The summed E-state index contributed by atoms with van der Waals surface area (Å²) in [7, 11) is 1.62. The van der Waals surface area contributed by atoms with Gasteiger partial charge in [-0.3, -0.25) is 14.5 Å². The van der Waals surface area contributed by atoms with Crippen LogP contribution in [-0.2, 0) is 16.1 Å². The number of carbonyl (C=O) groups is 2. The molecule has 3 aliphatic rings. The van der Waals surface area contributed by atoms with Crippen molar-refractivity contribution in [3.63, 3.8) is 0 Å². The van der Waals surface area contributed by atoms with Gasteiger partial charge >= 0.3 is 0 Å². The predicted octanol–water partition coefficient (Wildman–Crippen LogP) is 2.81. The molecule has 2 amide bonds. The van der Waals surface area contributed by atoms with E-state index >= 15 is 0 Å². The molecule has 166 valence electrons. The van der Waals surface area contributed by atoms with Crippen LogP contribution in [-0.4, -0.2) is 50.0 Å². The van der Waals surface area contributed by atoms with Gasteiger partial charge in [0, 0.05) is 43.5 Å². The summed E-state index contributed by atoms with van der Waals surface area (Å²) in [6.45, 7) is 2.89. The monoisotopic (exact) mass is 433 g/mol. The first-order valence-corrected chi connectivity index (χ1v) is 11.1. The normalized spacial score (nSPS) is 19.0. The number of anilines is 1. The smallest absolute Gasteiger partial charge is 0.294 e. The Morgan fingerprint density at radius 3 is 2.62 bits per heavy atom. The van der Waals surface area contributed by atoms with Crippen LogP contribution in [0.4, 0.5) is 5.69 Å². The van der Waals surface area contributed by atoms with Crippen LogP contribution in [0.25, 0.3) is 0 Å². The zero-order valence-corrected chi connectivity index (χ0v) is 18.2. The van der Waals surface area contributed by atoms with Crippen LogP contribution in [0.3, 0.4) is 0 Å². The Morgan fingerprint density at radius 2 is 1.91 bits per heavy atom. The van der Waals surface area contributed by atoms with E-state index < -0.39 is 0 Å². The van der Waals surface area contributed by atoms with Crippen LogP contribution in [0.2, 0.25) is 0 Å². The first kappa shape index (κ1) is 20.6. The van der Waals surface area contributed by atoms with Gasteiger partial charge in [0.05, 0.1) is 13.7 Å². The van der Waals surface area contributed by atoms with Gasteiger partial charge in [-0.05, 0) is 48.6 Å². The molecule has 2 heterocycles. The number of hydrogen-bond acceptors (Lipinski definition) is 5. The minimum atomic E-state index is -0.168. The van der Waals surface area contributed by atoms with Crippen molar-refractivity contribution in [2.24, 2.45) is 0 Å². The molecule has 0 spiro atoms. The average molecular weight is 434 g/mol. The molecule has 0 bridgehead atoms. The van der Waals surface area contributed by atoms with Crippen molar-refractivity contribution in [2.45, 2.75) is 25.3 Å². The van der Waals surface area contributed by atoms with Crippen LogP contribution < -0.4 is 19.7 Å². The number of nitrogens with one attached hydrogen (secondary N) is 1. The Kier molecular flexibility index (Phi) is 5.57. The van der Waals surface area contributed by atoms with Crippen LogP contribution in [0.5, 0.6) is 11.5 Å². The Morgan fingerprint density at radius 1 is 1.09 bits per heavy atom. The molecule has 5 rings (SSSR count). The average Bonchev–Trinajstić information content (AvgIpc) is 3.59. The highest BCUT2D eigenvalue weighted by Crippen LogP contribution is 2.40. The lowest BCUT2D eigenvalue weighted by Gasteiger charge is -2.27. The molecule has 7 heteroatoms. The van der Waals surface area contributed by atoms with Crippen molar-refractivity contribution < 1.29 is 19.1 Å². The Hall–Kier alpha value is -3.32. The molecule has 7 nitrogen and oxygen atoms in total. The minimum Gasteiger partial charge on any atom is -0.496 e. The third-order valence-electron chi connectivity index (χ3n) is 6.17. The number of methoxy groups -OCH3 is 1. The van der Waals surface area contributed by atoms with E-state index in [1.807, 2.05) is 36.4 Å². The maximum Gasteiger partial charge on any atom is 0.294 e. The second kappa shape index (κ2) is 8.67. The number of rotatable bonds is 7. The quantitative estimate of drug-likeness (QED) is 0.727. The van der Waals surface area contributed by atoms with Crippen molar-refractivity contribution in [1.82, 2.24) is 10.2 Å². The van der Waals surface area contributed by atoms with Gasteiger partial charge < -0.3 is 19.7 Å². The molecule has 0 aromatic heterocycles. The molecule has 2 aromatic carbocycles. The maximum atomic E-state index is 13.0. The summed E-state index contributed by atoms with van der Waals surface area (Å²) in [6, 6.07) is 13.8. The van der Waals surface area contributed by atoms with E-state index in [1.54, 1.807) is 12.0 Å². The van der Waals surface area contributed by atoms with E-state index in [0.717, 1.165) is 17.8 Å². The van der Waals surface area contributed by atoms with E-state index in [9.17, 15) is 9.59 Å². The molecule has 2 aromatic rings. The second-order valence-electron chi connectivity index (χ2n) is 8.49. The van der Waals surface area contributed by atoms with Gasteiger partial charge in [-0.25, -0.2) is 0 Å². The number of hydrogen-bond donors (Lipinski definition) is 1. The Balaban J connectivity index is 1.25. The summed E-state index contributed by atoms with van der Waals surface area (Å²) in [6.07, 6.45) is 4.33. The van der Waals surface area contributed by atoms with Gasteiger partial charge in [0.2, 0.25) is 5.91 Å². The molecule has 0 unspecified atom stereocenters. The van der Waals surface area contributed by atoms with E-state index in [1.165, 1.54) is 18.4 Å². The van der Waals surface area contributed by atoms with E-state index in [-0.39, 0.29) is 11.8 Å². The molecular weight excluding hydrogens is 406 g/mol. The highest BCUT2D eigenvalue weighted by atomic mass is 16.5. The number of carbonyl (C=O) groups excluding carboxylic acids is 2. The maximum absolute atomic E-state index is 13.0. The van der Waals surface area contributed by atoms with Crippen molar-refractivity contribution >= 4 is 17.5 Å². The fraction of sp³-hybridized carbons (Fsp3) is 0.360. The summed E-state index contributed by atoms with van der Waals surface area (Å²) in [5.74, 6) is 2.28. The third kappa shape index (κ3) is 4.34. The van der Waals surface area contributed by atoms with Crippen molar-refractivity contribution in [3.05, 3.63) is 65.4 Å². The first-order chi connectivity index (χ1) is 15.6. The second-order valence-corrected chi connectivity index (χ2v) is 8.49. The first-order valence-electron chi connectivity index (χ1n) is 11.1. The van der Waals surface area contributed by atoms with Crippen LogP contribution >= 0.6 is 0 Å². The molecule has 1 saturated heterocycles. The zero-order valence-electron chi connectivity index (χ0n) is 18.2. The molecule has 2 fully saturated rings. The summed E-state index contributed by atoms with van der Waals surface area (Å²) in [5, 5.41) is 2.84. The van der Waals surface area contributed by atoms with Crippen molar-refractivity contribution in [2.75, 3.05) is 38.2 Å². The van der Waals surface area contributed by atoms with Crippen molar-refractivity contribution in [3.8, 4) is 11.5 Å². The summed E-state index contributed by atoms with van der Waals surface area (Å²) in [5.41, 5.74) is 3.08. The van der Waals surface area contributed by atoms with Gasteiger partial charge in [0.15, 0.2) is 5.76 Å². The minimum absolute atomic E-state index is 0.0373. The lowest BCUT2D eigenvalue weighted by Crippen LogP contribution is -2.47. The zero-order chi connectivity index (χ0) is 22.1. The number of piperazine rings is 1. The van der Waals surface area contributed by atoms with Gasteiger partial charge in [0.1, 0.15) is 11.5 Å². The summed E-state index contributed by atoms with van der Waals surface area (Å²) in [4.78, 5) is 28.4. The van der Waals surface area contributed by atoms with Gasteiger partial charge in [-0.2, -0.15) is 0 Å². The molecule has 0 radical (unpaired) electrons. The van der Waals surface area contributed by atoms with Gasteiger partial charge in [0.25, 0.3) is 5.91 Å². The number of ether oxygens (including phenoxy) is 2. The fourth-order valence-corrected chi connectivity index (χ4v) is 4.24. The lowest BCUT2D eigenvalue weighted by molar-refractivity contribution is -0.124. The SMILES string of the molecule is COc1cc(N2CC=C(Oc3ccc(C4CC4)cc3)C2=O)ccc1CN1CCNC(=O)C1. The highest BCUT2D eigenvalue weighted by Gasteiger charge is 2.28. The molecule has 2 aliphatic heterocycles. The van der Waals surface area contributed by atoms with Gasteiger partial charge in [-0.1, -0.05) is 18.2 Å². The van der Waals surface area contributed by atoms with E-state index in [0.29, 0.717) is 49.4 Å². The van der Waals surface area contributed by atoms with E-state index in [2.05, 4.69) is 22.3 Å². The molecule has 1 aliphatic carbocycles. The van der Waals surface area contributed by atoms with Crippen LogP contribution in [0.15, 0.2) is 54.3 Å². The number of amides is 2. The largest absolute Gasteiger partial charge is 0.496 e. The lowest BCUT2D eigenvalue weighted by atomic mass is 10.1. The summed E-state index contributed by atoms with van der Waals surface area (Å²) >= 11 is 0. The summed E-state index contributed by atoms with van der Waals surface area (Å²) < 4.78 is 11.5. The molecule has 0 atom stereocenters. The Labute approximate surface area is 187 Å². The molecule has 32 heavy (non-hydrogen) atoms. The molecular formula is C25H27N3O4. The highest BCUT2D eigenvalue weighted by molar-refractivity contribution is 6.07. The third-order valence-corrected chi connectivity index (χ3v) is 6.17. The number of benzene rings is 2. The predicted molar refractivity (Wildman–Crippen MR) is 121 cm³/mol. The molecule has 1 N–H and O–H groups in total. The topological polar surface area (TPSA) is 71.1 Å². The fourth-order valence-electron chi connectivity index (χ4n) is 4.24. The standard InChI is InChI=1S/C25H27N3O4/c1-31-23-14-20(7-4-19(23)15-27-13-11-26-24(29)16-27)28-12-10-22(25(28)30)32-21-8-5-18(6-9-21)17-2-3-17/h4-10,14,17H,2-3,11-13,15-16H2,1H3,(H,26,29). The van der Waals surface area contributed by atoms with Crippen LogP contribution in [0.1, 0.15) is 29.9 Å². The van der Waals surface area contributed by atoms with Crippen molar-refractivity contribution in [1.29, 1.82) is 0 Å². The molecule has 1 saturated carbocycles. The van der Waals surface area contributed by atoms with E-state index in [4.69, 9.17) is 9.47 Å².